The third-order valence-corrected chi connectivity index (χ3v) is 3.92. The lowest BCUT2D eigenvalue weighted by atomic mass is 10.1. The summed E-state index contributed by atoms with van der Waals surface area (Å²) in [4.78, 5) is 13.0. The quantitative estimate of drug-likeness (QED) is 0.654. The summed E-state index contributed by atoms with van der Waals surface area (Å²) in [5, 5.41) is 14.1. The number of likely N-dealkylation sites (N-methyl/N-ethyl adjacent to an activating group) is 1. The van der Waals surface area contributed by atoms with Gasteiger partial charge in [-0.3, -0.25) is 15.0 Å². The molecule has 1 N–H and O–H groups in total. The van der Waals surface area contributed by atoms with E-state index in [0.717, 1.165) is 18.7 Å². The summed E-state index contributed by atoms with van der Waals surface area (Å²) in [6.45, 7) is 4.17. The van der Waals surface area contributed by atoms with Crippen molar-refractivity contribution in [3.8, 4) is 0 Å². The van der Waals surface area contributed by atoms with Crippen molar-refractivity contribution >= 4 is 5.69 Å². The molecule has 1 aromatic rings. The molecule has 0 saturated carbocycles. The van der Waals surface area contributed by atoms with Crippen LogP contribution < -0.4 is 5.32 Å². The summed E-state index contributed by atoms with van der Waals surface area (Å²) in [7, 11) is 1.97. The Bertz CT molecular complexity index is 450. The largest absolute Gasteiger partial charge is 0.318 e. The lowest BCUT2D eigenvalue weighted by Crippen LogP contribution is -2.38. The second kappa shape index (κ2) is 6.12. The average Bonchev–Trinajstić information content (AvgIpc) is 2.86. The van der Waals surface area contributed by atoms with Crippen LogP contribution in [0.3, 0.4) is 0 Å². The van der Waals surface area contributed by atoms with Crippen molar-refractivity contribution in [3.63, 3.8) is 0 Å². The molecule has 2 rings (SSSR count). The normalized spacial score (nSPS) is 21.5. The molecule has 1 aliphatic rings. The lowest BCUT2D eigenvalue weighted by Gasteiger charge is -2.30. The van der Waals surface area contributed by atoms with Crippen molar-refractivity contribution in [2.45, 2.75) is 31.8 Å². The molecule has 0 amide bonds. The monoisotopic (exact) mass is 263 g/mol. The molecule has 0 bridgehead atoms. The van der Waals surface area contributed by atoms with Crippen LogP contribution in [0.5, 0.6) is 0 Å². The third-order valence-electron chi connectivity index (χ3n) is 3.92. The van der Waals surface area contributed by atoms with Gasteiger partial charge in [-0.15, -0.1) is 0 Å². The zero-order valence-corrected chi connectivity index (χ0v) is 11.5. The molecule has 19 heavy (non-hydrogen) atoms. The van der Waals surface area contributed by atoms with Gasteiger partial charge in [0, 0.05) is 30.8 Å². The Morgan fingerprint density at radius 3 is 3.05 bits per heavy atom. The van der Waals surface area contributed by atoms with Crippen LogP contribution in [-0.2, 0) is 0 Å². The van der Waals surface area contributed by atoms with Crippen molar-refractivity contribution < 1.29 is 4.92 Å². The number of nitro benzene ring substituents is 1. The second-order valence-corrected chi connectivity index (χ2v) is 5.12. The fourth-order valence-corrected chi connectivity index (χ4v) is 2.91. The minimum absolute atomic E-state index is 0.175. The molecule has 5 heteroatoms. The Morgan fingerprint density at radius 1 is 1.58 bits per heavy atom. The zero-order chi connectivity index (χ0) is 13.8. The van der Waals surface area contributed by atoms with E-state index in [1.165, 1.54) is 12.8 Å². The molecular weight excluding hydrogens is 242 g/mol. The molecule has 0 aromatic heterocycles. The van der Waals surface area contributed by atoms with Crippen LogP contribution in [0.2, 0.25) is 0 Å². The standard InChI is InChI=1S/C14H21N3O2/c1-11(16-8-4-7-14(16)10-15-2)12-5-3-6-13(9-12)17(18)19/h3,5-6,9,11,14-15H,4,7-8,10H2,1-2H3. The summed E-state index contributed by atoms with van der Waals surface area (Å²) < 4.78 is 0. The number of likely N-dealkylation sites (tertiary alicyclic amines) is 1. The van der Waals surface area contributed by atoms with Gasteiger partial charge in [0.05, 0.1) is 4.92 Å². The van der Waals surface area contributed by atoms with Crippen LogP contribution in [0.15, 0.2) is 24.3 Å². The molecule has 0 radical (unpaired) electrons. The fourth-order valence-electron chi connectivity index (χ4n) is 2.91. The van der Waals surface area contributed by atoms with Gasteiger partial charge in [-0.2, -0.15) is 0 Å². The molecule has 2 atom stereocenters. The Kier molecular flexibility index (Phi) is 4.50. The van der Waals surface area contributed by atoms with Gasteiger partial charge in [-0.1, -0.05) is 12.1 Å². The van der Waals surface area contributed by atoms with Gasteiger partial charge in [-0.25, -0.2) is 0 Å². The first-order chi connectivity index (χ1) is 9.13. The SMILES string of the molecule is CNCC1CCCN1C(C)c1cccc([N+](=O)[O-])c1. The minimum atomic E-state index is -0.328. The maximum absolute atomic E-state index is 10.8. The Balaban J connectivity index is 2.16. The van der Waals surface area contributed by atoms with E-state index in [9.17, 15) is 10.1 Å². The number of hydrogen-bond donors (Lipinski definition) is 1. The predicted octanol–water partition coefficient (Wildman–Crippen LogP) is 2.34. The van der Waals surface area contributed by atoms with Crippen LogP contribution in [0.25, 0.3) is 0 Å². The van der Waals surface area contributed by atoms with E-state index in [0.29, 0.717) is 6.04 Å². The van der Waals surface area contributed by atoms with Crippen LogP contribution in [0.4, 0.5) is 5.69 Å². The summed E-state index contributed by atoms with van der Waals surface area (Å²) in [6.07, 6.45) is 2.39. The molecule has 1 heterocycles. The number of nitrogens with zero attached hydrogens (tertiary/aromatic N) is 2. The highest BCUT2D eigenvalue weighted by Crippen LogP contribution is 2.30. The van der Waals surface area contributed by atoms with E-state index in [1.54, 1.807) is 18.2 Å². The first-order valence-electron chi connectivity index (χ1n) is 6.78. The van der Waals surface area contributed by atoms with Gasteiger partial charge in [0.25, 0.3) is 5.69 Å². The third kappa shape index (κ3) is 3.11. The highest BCUT2D eigenvalue weighted by molar-refractivity contribution is 5.35. The van der Waals surface area contributed by atoms with Crippen molar-refractivity contribution in [1.29, 1.82) is 0 Å². The molecule has 1 aromatic carbocycles. The molecule has 1 saturated heterocycles. The Hall–Kier alpha value is -1.46. The first-order valence-corrected chi connectivity index (χ1v) is 6.78. The summed E-state index contributed by atoms with van der Waals surface area (Å²) in [5.41, 5.74) is 1.20. The minimum Gasteiger partial charge on any atom is -0.318 e. The van der Waals surface area contributed by atoms with Crippen LogP contribution >= 0.6 is 0 Å². The molecule has 2 unspecified atom stereocenters. The highest BCUT2D eigenvalue weighted by Gasteiger charge is 2.29. The number of nitrogens with one attached hydrogen (secondary N) is 1. The fraction of sp³-hybridized carbons (Fsp3) is 0.571. The zero-order valence-electron chi connectivity index (χ0n) is 11.5. The smallest absolute Gasteiger partial charge is 0.269 e. The predicted molar refractivity (Wildman–Crippen MR) is 75.2 cm³/mol. The van der Waals surface area contributed by atoms with E-state index >= 15 is 0 Å². The highest BCUT2D eigenvalue weighted by atomic mass is 16.6. The van der Waals surface area contributed by atoms with E-state index in [-0.39, 0.29) is 16.7 Å². The van der Waals surface area contributed by atoms with Gasteiger partial charge in [-0.05, 0) is 38.9 Å². The first kappa shape index (κ1) is 14.0. The number of hydrogen-bond acceptors (Lipinski definition) is 4. The summed E-state index contributed by atoms with van der Waals surface area (Å²) in [5.74, 6) is 0. The van der Waals surface area contributed by atoms with Gasteiger partial charge in [0.2, 0.25) is 0 Å². The molecule has 1 fully saturated rings. The van der Waals surface area contributed by atoms with Crippen molar-refractivity contribution in [3.05, 3.63) is 39.9 Å². The maximum atomic E-state index is 10.8. The van der Waals surface area contributed by atoms with Crippen LogP contribution in [-0.4, -0.2) is 36.0 Å². The maximum Gasteiger partial charge on any atom is 0.269 e. The van der Waals surface area contributed by atoms with E-state index in [2.05, 4.69) is 17.1 Å². The molecule has 104 valence electrons. The molecule has 0 spiro atoms. The van der Waals surface area contributed by atoms with Crippen LogP contribution in [0, 0.1) is 10.1 Å². The molecule has 5 nitrogen and oxygen atoms in total. The lowest BCUT2D eigenvalue weighted by molar-refractivity contribution is -0.385. The Labute approximate surface area is 113 Å². The number of benzene rings is 1. The van der Waals surface area contributed by atoms with E-state index in [4.69, 9.17) is 0 Å². The van der Waals surface area contributed by atoms with Crippen molar-refractivity contribution in [2.24, 2.45) is 0 Å². The summed E-state index contributed by atoms with van der Waals surface area (Å²) >= 11 is 0. The van der Waals surface area contributed by atoms with Gasteiger partial charge in [0.1, 0.15) is 0 Å². The number of non-ortho nitro benzene ring substituents is 1. The molecule has 0 aliphatic carbocycles. The van der Waals surface area contributed by atoms with Gasteiger partial charge < -0.3 is 5.32 Å². The van der Waals surface area contributed by atoms with E-state index in [1.807, 2.05) is 13.1 Å². The number of nitro groups is 1. The van der Waals surface area contributed by atoms with Crippen LogP contribution in [0.1, 0.15) is 31.4 Å². The average molecular weight is 263 g/mol. The van der Waals surface area contributed by atoms with E-state index < -0.39 is 0 Å². The topological polar surface area (TPSA) is 58.4 Å². The number of rotatable bonds is 5. The van der Waals surface area contributed by atoms with Gasteiger partial charge >= 0.3 is 0 Å². The van der Waals surface area contributed by atoms with Crippen molar-refractivity contribution in [1.82, 2.24) is 10.2 Å². The van der Waals surface area contributed by atoms with Gasteiger partial charge in [0.15, 0.2) is 0 Å². The molecular formula is C14H21N3O2. The Morgan fingerprint density at radius 2 is 2.37 bits per heavy atom. The second-order valence-electron chi connectivity index (χ2n) is 5.12. The van der Waals surface area contributed by atoms with Crippen molar-refractivity contribution in [2.75, 3.05) is 20.1 Å². The molecule has 1 aliphatic heterocycles. The summed E-state index contributed by atoms with van der Waals surface area (Å²) in [6, 6.07) is 7.74.